The molecule has 9 heteroatoms. The number of nitrogens with zero attached hydrogens (tertiary/aromatic N) is 6. The number of nitrogens with one attached hydrogen (secondary N) is 1. The highest BCUT2D eigenvalue weighted by molar-refractivity contribution is 5.89. The average molecular weight is 395 g/mol. The van der Waals surface area contributed by atoms with Gasteiger partial charge in [-0.05, 0) is 52.7 Å². The molecule has 1 N–H and O–H groups in total. The van der Waals surface area contributed by atoms with Gasteiger partial charge in [0.15, 0.2) is 0 Å². The molecule has 150 valence electrons. The van der Waals surface area contributed by atoms with Gasteiger partial charge in [0.05, 0.1) is 5.69 Å². The lowest BCUT2D eigenvalue weighted by Crippen LogP contribution is -2.50. The average Bonchev–Trinajstić information content (AvgIpc) is 3.24. The second-order valence-corrected chi connectivity index (χ2v) is 6.83. The van der Waals surface area contributed by atoms with E-state index in [4.69, 9.17) is 0 Å². The fourth-order valence-electron chi connectivity index (χ4n) is 3.33. The van der Waals surface area contributed by atoms with Gasteiger partial charge in [-0.2, -0.15) is 4.68 Å². The lowest BCUT2D eigenvalue weighted by molar-refractivity contribution is 0.208. The smallest absolute Gasteiger partial charge is 0.321 e. The summed E-state index contributed by atoms with van der Waals surface area (Å²) >= 11 is 0. The van der Waals surface area contributed by atoms with E-state index in [9.17, 15) is 9.18 Å². The Hall–Kier alpha value is -3.49. The van der Waals surface area contributed by atoms with Crippen LogP contribution in [0.3, 0.4) is 0 Å². The Morgan fingerprint density at radius 2 is 1.90 bits per heavy atom. The van der Waals surface area contributed by atoms with E-state index < -0.39 is 0 Å². The van der Waals surface area contributed by atoms with Gasteiger partial charge in [-0.15, -0.1) is 0 Å². The number of carbonyl (C=O) groups excluding carboxylic acids is 1. The van der Waals surface area contributed by atoms with Crippen LogP contribution in [0.4, 0.5) is 20.8 Å². The second kappa shape index (κ2) is 8.26. The van der Waals surface area contributed by atoms with Crippen molar-refractivity contribution in [2.75, 3.05) is 36.4 Å². The summed E-state index contributed by atoms with van der Waals surface area (Å²) in [6.45, 7) is 4.34. The molecule has 1 aliphatic rings. The number of rotatable bonds is 4. The summed E-state index contributed by atoms with van der Waals surface area (Å²) < 4.78 is 15.0. The maximum absolute atomic E-state index is 13.3. The monoisotopic (exact) mass is 395 g/mol. The van der Waals surface area contributed by atoms with Gasteiger partial charge >= 0.3 is 6.03 Å². The molecule has 0 saturated carbocycles. The van der Waals surface area contributed by atoms with Crippen LogP contribution in [-0.4, -0.2) is 57.3 Å². The van der Waals surface area contributed by atoms with Gasteiger partial charge in [-0.3, -0.25) is 0 Å². The van der Waals surface area contributed by atoms with E-state index in [1.807, 2.05) is 12.1 Å². The van der Waals surface area contributed by atoms with E-state index in [-0.39, 0.29) is 11.8 Å². The van der Waals surface area contributed by atoms with E-state index in [0.29, 0.717) is 37.8 Å². The van der Waals surface area contributed by atoms with Crippen molar-refractivity contribution >= 4 is 17.7 Å². The van der Waals surface area contributed by atoms with Gasteiger partial charge < -0.3 is 15.1 Å². The number of urea groups is 1. The maximum atomic E-state index is 13.3. The van der Waals surface area contributed by atoms with Crippen LogP contribution in [0.15, 0.2) is 48.5 Å². The molecule has 1 aromatic heterocycles. The predicted molar refractivity (Wildman–Crippen MR) is 108 cm³/mol. The molecule has 1 saturated heterocycles. The van der Waals surface area contributed by atoms with Crippen molar-refractivity contribution in [3.05, 3.63) is 59.9 Å². The van der Waals surface area contributed by atoms with Crippen molar-refractivity contribution in [1.29, 1.82) is 0 Å². The van der Waals surface area contributed by atoms with E-state index in [2.05, 4.69) is 44.8 Å². The SMILES string of the molecule is CCc1cccc(-n2nnnc2N2CCN(C(=O)Nc3cccc(F)c3)CC2)c1. The fraction of sp³-hybridized carbons (Fsp3) is 0.300. The Morgan fingerprint density at radius 3 is 2.66 bits per heavy atom. The number of tetrazole rings is 1. The minimum Gasteiger partial charge on any atom is -0.336 e. The van der Waals surface area contributed by atoms with Gasteiger partial charge in [-0.1, -0.05) is 30.2 Å². The first kappa shape index (κ1) is 18.9. The molecule has 4 rings (SSSR count). The molecular formula is C20H22FN7O. The predicted octanol–water partition coefficient (Wildman–Crippen LogP) is 2.72. The van der Waals surface area contributed by atoms with Gasteiger partial charge in [0, 0.05) is 31.9 Å². The van der Waals surface area contributed by atoms with Crippen molar-refractivity contribution in [3.8, 4) is 5.69 Å². The number of aryl methyl sites for hydroxylation is 1. The molecule has 2 amide bonds. The standard InChI is InChI=1S/C20H22FN7O/c1-2-15-5-3-8-18(13-15)28-19(23-24-25-28)26-9-11-27(12-10-26)20(29)22-17-7-4-6-16(21)14-17/h3-8,13-14H,2,9-12H2,1H3,(H,22,29). The zero-order valence-corrected chi connectivity index (χ0v) is 16.1. The van der Waals surface area contributed by atoms with Crippen LogP contribution in [0, 0.1) is 5.82 Å². The lowest BCUT2D eigenvalue weighted by Gasteiger charge is -2.34. The molecule has 2 aromatic carbocycles. The lowest BCUT2D eigenvalue weighted by atomic mass is 10.1. The topological polar surface area (TPSA) is 79.2 Å². The van der Waals surface area contributed by atoms with Crippen LogP contribution in [-0.2, 0) is 6.42 Å². The number of hydrogen-bond donors (Lipinski definition) is 1. The zero-order chi connectivity index (χ0) is 20.2. The third-order valence-electron chi connectivity index (χ3n) is 4.94. The van der Waals surface area contributed by atoms with Crippen molar-refractivity contribution in [2.24, 2.45) is 0 Å². The van der Waals surface area contributed by atoms with Gasteiger partial charge in [0.1, 0.15) is 5.82 Å². The minimum atomic E-state index is -0.383. The third kappa shape index (κ3) is 4.18. The molecule has 29 heavy (non-hydrogen) atoms. The molecule has 0 unspecified atom stereocenters. The second-order valence-electron chi connectivity index (χ2n) is 6.83. The first-order valence-electron chi connectivity index (χ1n) is 9.58. The number of amides is 2. The molecule has 8 nitrogen and oxygen atoms in total. The Morgan fingerprint density at radius 1 is 1.10 bits per heavy atom. The first-order chi connectivity index (χ1) is 14.1. The Labute approximate surface area is 167 Å². The number of carbonyl (C=O) groups is 1. The first-order valence-corrected chi connectivity index (χ1v) is 9.58. The van der Waals surface area contributed by atoms with Crippen LogP contribution >= 0.6 is 0 Å². The number of hydrogen-bond acceptors (Lipinski definition) is 5. The summed E-state index contributed by atoms with van der Waals surface area (Å²) in [5.74, 6) is 0.273. The van der Waals surface area contributed by atoms with E-state index >= 15 is 0 Å². The van der Waals surface area contributed by atoms with E-state index in [1.165, 1.54) is 17.7 Å². The molecule has 0 atom stereocenters. The highest BCUT2D eigenvalue weighted by Gasteiger charge is 2.25. The van der Waals surface area contributed by atoms with Crippen LogP contribution in [0.5, 0.6) is 0 Å². The molecule has 0 radical (unpaired) electrons. The number of aromatic nitrogens is 4. The summed E-state index contributed by atoms with van der Waals surface area (Å²) in [5.41, 5.74) is 2.57. The van der Waals surface area contributed by atoms with Gasteiger partial charge in [0.2, 0.25) is 5.95 Å². The molecular weight excluding hydrogens is 373 g/mol. The summed E-state index contributed by atoms with van der Waals surface area (Å²) in [6.07, 6.45) is 0.935. The highest BCUT2D eigenvalue weighted by Crippen LogP contribution is 2.19. The Balaban J connectivity index is 1.41. The van der Waals surface area contributed by atoms with Crippen LogP contribution < -0.4 is 10.2 Å². The molecule has 1 fully saturated rings. The molecule has 0 bridgehead atoms. The zero-order valence-electron chi connectivity index (χ0n) is 16.1. The minimum absolute atomic E-state index is 0.245. The van der Waals surface area contributed by atoms with Crippen molar-refractivity contribution < 1.29 is 9.18 Å². The molecule has 3 aromatic rings. The third-order valence-corrected chi connectivity index (χ3v) is 4.94. The van der Waals surface area contributed by atoms with E-state index in [0.717, 1.165) is 12.1 Å². The number of anilines is 2. The van der Waals surface area contributed by atoms with Crippen molar-refractivity contribution in [1.82, 2.24) is 25.1 Å². The quantitative estimate of drug-likeness (QED) is 0.735. The molecule has 0 aliphatic carbocycles. The summed E-state index contributed by atoms with van der Waals surface area (Å²) in [5, 5.41) is 14.9. The van der Waals surface area contributed by atoms with Crippen LogP contribution in [0.25, 0.3) is 5.69 Å². The number of benzene rings is 2. The Bertz CT molecular complexity index is 998. The molecule has 0 spiro atoms. The maximum Gasteiger partial charge on any atom is 0.321 e. The highest BCUT2D eigenvalue weighted by atomic mass is 19.1. The summed E-state index contributed by atoms with van der Waals surface area (Å²) in [4.78, 5) is 16.2. The van der Waals surface area contributed by atoms with Crippen LogP contribution in [0.1, 0.15) is 12.5 Å². The van der Waals surface area contributed by atoms with Gasteiger partial charge in [-0.25, -0.2) is 9.18 Å². The fourth-order valence-corrected chi connectivity index (χ4v) is 3.33. The summed E-state index contributed by atoms with van der Waals surface area (Å²) in [6, 6.07) is 13.7. The summed E-state index contributed by atoms with van der Waals surface area (Å²) in [7, 11) is 0. The Kier molecular flexibility index (Phi) is 5.37. The molecule has 1 aliphatic heterocycles. The number of halogens is 1. The molecule has 2 heterocycles. The number of piperazine rings is 1. The van der Waals surface area contributed by atoms with Gasteiger partial charge in [0.25, 0.3) is 0 Å². The van der Waals surface area contributed by atoms with Crippen molar-refractivity contribution in [2.45, 2.75) is 13.3 Å². The normalized spacial score (nSPS) is 14.1. The largest absolute Gasteiger partial charge is 0.336 e. The van der Waals surface area contributed by atoms with Crippen LogP contribution in [0.2, 0.25) is 0 Å². The van der Waals surface area contributed by atoms with E-state index in [1.54, 1.807) is 21.7 Å². The van der Waals surface area contributed by atoms with Crippen molar-refractivity contribution in [3.63, 3.8) is 0 Å².